The van der Waals surface area contributed by atoms with Gasteiger partial charge in [-0.2, -0.15) is 0 Å². The molecule has 0 spiro atoms. The van der Waals surface area contributed by atoms with E-state index in [2.05, 4.69) is 4.98 Å². The van der Waals surface area contributed by atoms with Crippen LogP contribution in [0.25, 0.3) is 0 Å². The molecule has 0 unspecified atom stereocenters. The first-order valence-corrected chi connectivity index (χ1v) is 7.70. The Labute approximate surface area is 134 Å². The molecule has 0 saturated carbocycles. The molecule has 1 aromatic carbocycles. The molecule has 2 aromatic rings. The highest BCUT2D eigenvalue weighted by Crippen LogP contribution is 2.23. The number of nitrogens with zero attached hydrogens (tertiary/aromatic N) is 3. The molecule has 22 heavy (non-hydrogen) atoms. The summed E-state index contributed by atoms with van der Waals surface area (Å²) in [6.45, 7) is 3.75. The first kappa shape index (κ1) is 14.9. The molecule has 1 aliphatic heterocycles. The molecule has 1 aliphatic rings. The summed E-state index contributed by atoms with van der Waals surface area (Å²) in [6, 6.07) is 7.26. The van der Waals surface area contributed by atoms with Crippen molar-refractivity contribution in [3.63, 3.8) is 0 Å². The van der Waals surface area contributed by atoms with E-state index in [0.717, 1.165) is 23.6 Å². The SMILES string of the molecule is CCOc1ccc(C(=O)N2CCc3nc(Cl)n(C)c3C2)cc1. The Morgan fingerprint density at radius 1 is 1.36 bits per heavy atom. The maximum Gasteiger partial charge on any atom is 0.254 e. The normalized spacial score (nSPS) is 13.9. The van der Waals surface area contributed by atoms with Gasteiger partial charge in [0.05, 0.1) is 24.5 Å². The molecule has 3 rings (SSSR count). The number of carbonyl (C=O) groups is 1. The second-order valence-electron chi connectivity index (χ2n) is 5.27. The molecule has 0 saturated heterocycles. The van der Waals surface area contributed by atoms with Gasteiger partial charge in [0.2, 0.25) is 5.28 Å². The summed E-state index contributed by atoms with van der Waals surface area (Å²) in [4.78, 5) is 18.8. The maximum atomic E-state index is 12.6. The molecule has 5 nitrogen and oxygen atoms in total. The van der Waals surface area contributed by atoms with E-state index in [9.17, 15) is 4.79 Å². The van der Waals surface area contributed by atoms with Gasteiger partial charge in [-0.15, -0.1) is 0 Å². The lowest BCUT2D eigenvalue weighted by Crippen LogP contribution is -2.36. The van der Waals surface area contributed by atoms with Gasteiger partial charge in [-0.1, -0.05) is 0 Å². The summed E-state index contributed by atoms with van der Waals surface area (Å²) in [5, 5.41) is 0.473. The first-order chi connectivity index (χ1) is 10.6. The van der Waals surface area contributed by atoms with Crippen molar-refractivity contribution in [2.45, 2.75) is 19.9 Å². The summed E-state index contributed by atoms with van der Waals surface area (Å²) in [6.07, 6.45) is 0.735. The van der Waals surface area contributed by atoms with Crippen molar-refractivity contribution >= 4 is 17.5 Å². The van der Waals surface area contributed by atoms with Crippen LogP contribution in [-0.4, -0.2) is 33.5 Å². The quantitative estimate of drug-likeness (QED) is 0.874. The van der Waals surface area contributed by atoms with Crippen LogP contribution in [0.5, 0.6) is 5.75 Å². The number of ether oxygens (including phenoxy) is 1. The largest absolute Gasteiger partial charge is 0.494 e. The van der Waals surface area contributed by atoms with Gasteiger partial charge in [0.25, 0.3) is 5.91 Å². The Bertz CT molecular complexity index is 694. The van der Waals surface area contributed by atoms with Gasteiger partial charge in [-0.25, -0.2) is 4.98 Å². The summed E-state index contributed by atoms with van der Waals surface area (Å²) in [5.41, 5.74) is 2.67. The Balaban J connectivity index is 1.77. The molecule has 0 N–H and O–H groups in total. The van der Waals surface area contributed by atoms with Gasteiger partial charge in [0.1, 0.15) is 5.75 Å². The second kappa shape index (κ2) is 6.01. The molecule has 0 atom stereocenters. The maximum absolute atomic E-state index is 12.6. The Morgan fingerprint density at radius 3 is 2.77 bits per heavy atom. The topological polar surface area (TPSA) is 47.4 Å². The van der Waals surface area contributed by atoms with Crippen LogP contribution in [0.4, 0.5) is 0 Å². The van der Waals surface area contributed by atoms with Crippen molar-refractivity contribution < 1.29 is 9.53 Å². The van der Waals surface area contributed by atoms with Crippen LogP contribution in [0.3, 0.4) is 0 Å². The standard InChI is InChI=1S/C16H18ClN3O2/c1-3-22-12-6-4-11(5-7-12)15(21)20-9-8-13-14(10-20)19(2)16(17)18-13/h4-7H,3,8-10H2,1-2H3. The van der Waals surface area contributed by atoms with E-state index in [0.29, 0.717) is 30.5 Å². The summed E-state index contributed by atoms with van der Waals surface area (Å²) < 4.78 is 7.24. The van der Waals surface area contributed by atoms with E-state index in [-0.39, 0.29) is 5.91 Å². The smallest absolute Gasteiger partial charge is 0.254 e. The van der Waals surface area contributed by atoms with E-state index in [1.807, 2.05) is 35.6 Å². The zero-order valence-corrected chi connectivity index (χ0v) is 13.4. The summed E-state index contributed by atoms with van der Waals surface area (Å²) >= 11 is 6.05. The highest BCUT2D eigenvalue weighted by molar-refractivity contribution is 6.28. The van der Waals surface area contributed by atoms with Crippen molar-refractivity contribution in [1.82, 2.24) is 14.5 Å². The van der Waals surface area contributed by atoms with Gasteiger partial charge in [-0.3, -0.25) is 4.79 Å². The van der Waals surface area contributed by atoms with E-state index in [1.165, 1.54) is 0 Å². The zero-order valence-electron chi connectivity index (χ0n) is 12.7. The van der Waals surface area contributed by atoms with Crippen molar-refractivity contribution in [3.05, 3.63) is 46.5 Å². The average molecular weight is 320 g/mol. The minimum atomic E-state index is 0.0195. The third kappa shape index (κ3) is 2.68. The molecule has 1 aromatic heterocycles. The summed E-state index contributed by atoms with van der Waals surface area (Å²) in [5.74, 6) is 0.796. The fourth-order valence-corrected chi connectivity index (χ4v) is 2.87. The number of rotatable bonds is 3. The van der Waals surface area contributed by atoms with Crippen molar-refractivity contribution in [2.75, 3.05) is 13.2 Å². The number of imidazole rings is 1. The van der Waals surface area contributed by atoms with E-state index in [1.54, 1.807) is 12.1 Å². The average Bonchev–Trinajstić information content (AvgIpc) is 2.82. The molecular formula is C16H18ClN3O2. The van der Waals surface area contributed by atoms with Crippen LogP contribution < -0.4 is 4.74 Å². The van der Waals surface area contributed by atoms with E-state index in [4.69, 9.17) is 16.3 Å². The molecular weight excluding hydrogens is 302 g/mol. The van der Waals surface area contributed by atoms with Gasteiger partial charge in [-0.05, 0) is 42.8 Å². The van der Waals surface area contributed by atoms with Crippen LogP contribution >= 0.6 is 11.6 Å². The molecule has 0 bridgehead atoms. The van der Waals surface area contributed by atoms with Crippen LogP contribution in [0.1, 0.15) is 28.7 Å². The number of hydrogen-bond donors (Lipinski definition) is 0. The van der Waals surface area contributed by atoms with Crippen LogP contribution in [-0.2, 0) is 20.0 Å². The van der Waals surface area contributed by atoms with E-state index >= 15 is 0 Å². The van der Waals surface area contributed by atoms with E-state index < -0.39 is 0 Å². The number of benzene rings is 1. The van der Waals surface area contributed by atoms with Crippen molar-refractivity contribution in [1.29, 1.82) is 0 Å². The molecule has 2 heterocycles. The molecule has 0 radical (unpaired) electrons. The highest BCUT2D eigenvalue weighted by atomic mass is 35.5. The predicted octanol–water partition coefficient (Wildman–Crippen LogP) is 2.67. The Morgan fingerprint density at radius 2 is 2.09 bits per heavy atom. The Hall–Kier alpha value is -2.01. The lowest BCUT2D eigenvalue weighted by atomic mass is 10.1. The number of aromatic nitrogens is 2. The minimum Gasteiger partial charge on any atom is -0.494 e. The van der Waals surface area contributed by atoms with Gasteiger partial charge >= 0.3 is 0 Å². The lowest BCUT2D eigenvalue weighted by Gasteiger charge is -2.27. The molecule has 6 heteroatoms. The van der Waals surface area contributed by atoms with Crippen molar-refractivity contribution in [3.8, 4) is 5.75 Å². The van der Waals surface area contributed by atoms with Crippen LogP contribution in [0.2, 0.25) is 5.28 Å². The third-order valence-electron chi connectivity index (χ3n) is 3.90. The molecule has 0 fully saturated rings. The molecule has 116 valence electrons. The monoisotopic (exact) mass is 319 g/mol. The third-order valence-corrected chi connectivity index (χ3v) is 4.24. The zero-order chi connectivity index (χ0) is 15.7. The lowest BCUT2D eigenvalue weighted by molar-refractivity contribution is 0.0730. The minimum absolute atomic E-state index is 0.0195. The Kier molecular flexibility index (Phi) is 4.07. The molecule has 0 aliphatic carbocycles. The second-order valence-corrected chi connectivity index (χ2v) is 5.61. The van der Waals surface area contributed by atoms with Crippen LogP contribution in [0, 0.1) is 0 Å². The summed E-state index contributed by atoms with van der Waals surface area (Å²) in [7, 11) is 1.87. The number of halogens is 1. The number of fused-ring (bicyclic) bond motifs is 1. The molecule has 1 amide bonds. The number of carbonyl (C=O) groups excluding carboxylic acids is 1. The number of amides is 1. The first-order valence-electron chi connectivity index (χ1n) is 7.32. The van der Waals surface area contributed by atoms with Gasteiger partial charge < -0.3 is 14.2 Å². The predicted molar refractivity (Wildman–Crippen MR) is 84.3 cm³/mol. The highest BCUT2D eigenvalue weighted by Gasteiger charge is 2.25. The fourth-order valence-electron chi connectivity index (χ4n) is 2.67. The van der Waals surface area contributed by atoms with Crippen molar-refractivity contribution in [2.24, 2.45) is 7.05 Å². The van der Waals surface area contributed by atoms with Gasteiger partial charge in [0, 0.05) is 25.6 Å². The van der Waals surface area contributed by atoms with Crippen LogP contribution in [0.15, 0.2) is 24.3 Å². The van der Waals surface area contributed by atoms with Gasteiger partial charge in [0.15, 0.2) is 0 Å². The number of hydrogen-bond acceptors (Lipinski definition) is 3. The fraction of sp³-hybridized carbons (Fsp3) is 0.375.